The maximum absolute atomic E-state index is 13.6. The van der Waals surface area contributed by atoms with Gasteiger partial charge >= 0.3 is 0 Å². The summed E-state index contributed by atoms with van der Waals surface area (Å²) in [6, 6.07) is 10.7. The summed E-state index contributed by atoms with van der Waals surface area (Å²) < 4.78 is 13.6. The van der Waals surface area contributed by atoms with E-state index in [-0.39, 0.29) is 18.1 Å². The van der Waals surface area contributed by atoms with Gasteiger partial charge in [-0.2, -0.15) is 0 Å². The number of aromatic nitrogens is 4. The van der Waals surface area contributed by atoms with E-state index >= 15 is 0 Å². The molecule has 3 heterocycles. The summed E-state index contributed by atoms with van der Waals surface area (Å²) in [4.78, 5) is 28.2. The second kappa shape index (κ2) is 8.78. The van der Waals surface area contributed by atoms with Crippen LogP contribution >= 0.6 is 11.3 Å². The number of hydrogen-bond donors (Lipinski definition) is 3. The number of carbonyl (C=O) groups is 1. The fourth-order valence-corrected chi connectivity index (χ4v) is 3.64. The Hall–Kier alpha value is -3.33. The maximum Gasteiger partial charge on any atom is 0.271 e. The molecule has 0 saturated carbocycles. The van der Waals surface area contributed by atoms with Gasteiger partial charge < -0.3 is 15.6 Å². The Morgan fingerprint density at radius 2 is 2.07 bits per heavy atom. The highest BCUT2D eigenvalue weighted by Gasteiger charge is 2.12. The number of anilines is 1. The first kappa shape index (κ1) is 19.0. The smallest absolute Gasteiger partial charge is 0.271 e. The number of thiazole rings is 1. The molecular weight excluding hydrogens is 391 g/mol. The monoisotopic (exact) mass is 410 g/mol. The van der Waals surface area contributed by atoms with E-state index in [0.29, 0.717) is 5.69 Å². The quantitative estimate of drug-likeness (QED) is 0.386. The van der Waals surface area contributed by atoms with Gasteiger partial charge in [-0.15, -0.1) is 11.3 Å². The topological polar surface area (TPSA) is 95.6 Å². The molecular formula is C20H19FN6OS. The third-order valence-electron chi connectivity index (χ3n) is 4.28. The number of aromatic amines is 1. The lowest BCUT2D eigenvalue weighted by Crippen LogP contribution is -2.24. The average Bonchev–Trinajstić information content (AvgIpc) is 3.37. The van der Waals surface area contributed by atoms with Gasteiger partial charge in [-0.25, -0.2) is 14.4 Å². The van der Waals surface area contributed by atoms with E-state index < -0.39 is 5.82 Å². The third-order valence-corrected chi connectivity index (χ3v) is 5.19. The minimum atomic E-state index is -0.441. The molecule has 1 aromatic carbocycles. The number of nitrogens with one attached hydrogen (secondary N) is 3. The molecule has 0 atom stereocenters. The van der Waals surface area contributed by atoms with Crippen LogP contribution in [-0.2, 0) is 13.0 Å². The molecule has 148 valence electrons. The Bertz CT molecular complexity index is 1090. The number of para-hydroxylation sites is 2. The zero-order valence-corrected chi connectivity index (χ0v) is 16.3. The molecule has 0 spiro atoms. The summed E-state index contributed by atoms with van der Waals surface area (Å²) in [6.45, 7) is 0.764. The van der Waals surface area contributed by atoms with Crippen molar-refractivity contribution < 1.29 is 9.18 Å². The summed E-state index contributed by atoms with van der Waals surface area (Å²) in [5.74, 6) is -0.0335. The van der Waals surface area contributed by atoms with Crippen molar-refractivity contribution in [3.8, 4) is 0 Å². The predicted molar refractivity (Wildman–Crippen MR) is 110 cm³/mol. The first-order chi connectivity index (χ1) is 14.2. The number of fused-ring (bicyclic) bond motifs is 1. The van der Waals surface area contributed by atoms with Crippen LogP contribution in [0.25, 0.3) is 11.0 Å². The number of halogens is 1. The van der Waals surface area contributed by atoms with E-state index in [1.807, 2.05) is 24.3 Å². The number of aryl methyl sites for hydroxylation is 1. The fourth-order valence-electron chi connectivity index (χ4n) is 2.82. The van der Waals surface area contributed by atoms with E-state index in [0.717, 1.165) is 41.4 Å². The first-order valence-corrected chi connectivity index (χ1v) is 10.1. The Morgan fingerprint density at radius 3 is 2.93 bits per heavy atom. The fraction of sp³-hybridized carbons (Fsp3) is 0.200. The van der Waals surface area contributed by atoms with Gasteiger partial charge in [-0.3, -0.25) is 9.78 Å². The summed E-state index contributed by atoms with van der Waals surface area (Å²) in [6.07, 6.45) is 3.09. The third kappa shape index (κ3) is 4.75. The van der Waals surface area contributed by atoms with Crippen molar-refractivity contribution >= 4 is 34.2 Å². The van der Waals surface area contributed by atoms with Crippen LogP contribution in [0.3, 0.4) is 0 Å². The molecule has 0 unspecified atom stereocenters. The SMILES string of the molecule is O=C(NCc1ncccc1F)c1csc(CCCNc2nc3ccccc3[nH]2)n1. The predicted octanol–water partition coefficient (Wildman–Crippen LogP) is 3.53. The van der Waals surface area contributed by atoms with Crippen LogP contribution in [0.1, 0.15) is 27.6 Å². The van der Waals surface area contributed by atoms with Gasteiger partial charge in [-0.1, -0.05) is 12.1 Å². The number of amides is 1. The van der Waals surface area contributed by atoms with Gasteiger partial charge in [0.2, 0.25) is 5.95 Å². The largest absolute Gasteiger partial charge is 0.356 e. The molecule has 7 nitrogen and oxygen atoms in total. The number of carbonyl (C=O) groups excluding carboxylic acids is 1. The highest BCUT2D eigenvalue weighted by atomic mass is 32.1. The molecule has 0 aliphatic carbocycles. The van der Waals surface area contributed by atoms with Gasteiger partial charge in [0, 0.05) is 24.5 Å². The first-order valence-electron chi connectivity index (χ1n) is 9.19. The van der Waals surface area contributed by atoms with E-state index in [9.17, 15) is 9.18 Å². The van der Waals surface area contributed by atoms with Crippen LogP contribution < -0.4 is 10.6 Å². The highest BCUT2D eigenvalue weighted by Crippen LogP contribution is 2.15. The van der Waals surface area contributed by atoms with Gasteiger partial charge in [0.25, 0.3) is 5.91 Å². The maximum atomic E-state index is 13.6. The molecule has 3 aromatic heterocycles. The van der Waals surface area contributed by atoms with Crippen molar-refractivity contribution in [3.05, 3.63) is 70.2 Å². The van der Waals surface area contributed by atoms with Crippen molar-refractivity contribution in [3.63, 3.8) is 0 Å². The van der Waals surface area contributed by atoms with E-state index in [2.05, 4.69) is 30.6 Å². The minimum absolute atomic E-state index is 0.0276. The van der Waals surface area contributed by atoms with Crippen molar-refractivity contribution in [1.29, 1.82) is 0 Å². The lowest BCUT2D eigenvalue weighted by atomic mass is 10.3. The summed E-state index contributed by atoms with van der Waals surface area (Å²) >= 11 is 1.44. The van der Waals surface area contributed by atoms with E-state index in [4.69, 9.17) is 0 Å². The van der Waals surface area contributed by atoms with Crippen LogP contribution in [0, 0.1) is 5.82 Å². The number of rotatable bonds is 8. The average molecular weight is 410 g/mol. The number of benzene rings is 1. The van der Waals surface area contributed by atoms with Crippen LogP contribution in [0.2, 0.25) is 0 Å². The molecule has 0 fully saturated rings. The number of nitrogens with zero attached hydrogens (tertiary/aromatic N) is 3. The molecule has 1 amide bonds. The molecule has 29 heavy (non-hydrogen) atoms. The molecule has 4 rings (SSSR count). The molecule has 0 aliphatic rings. The zero-order valence-electron chi connectivity index (χ0n) is 15.5. The molecule has 4 aromatic rings. The van der Waals surface area contributed by atoms with Crippen molar-refractivity contribution in [2.24, 2.45) is 0 Å². The number of H-pyrrole nitrogens is 1. The van der Waals surface area contributed by atoms with E-state index in [1.165, 1.54) is 29.7 Å². The number of pyridine rings is 1. The Labute approximate surface area is 170 Å². The van der Waals surface area contributed by atoms with Gasteiger partial charge in [0.05, 0.1) is 28.3 Å². The van der Waals surface area contributed by atoms with E-state index in [1.54, 1.807) is 5.38 Å². The molecule has 9 heteroatoms. The zero-order chi connectivity index (χ0) is 20.1. The Morgan fingerprint density at radius 1 is 1.17 bits per heavy atom. The second-order valence-electron chi connectivity index (χ2n) is 6.37. The van der Waals surface area contributed by atoms with Gasteiger partial charge in [0.15, 0.2) is 0 Å². The lowest BCUT2D eigenvalue weighted by Gasteiger charge is -2.03. The normalized spacial score (nSPS) is 10.9. The summed E-state index contributed by atoms with van der Waals surface area (Å²) in [5, 5.41) is 8.51. The second-order valence-corrected chi connectivity index (χ2v) is 7.32. The van der Waals surface area contributed by atoms with Crippen molar-refractivity contribution in [2.75, 3.05) is 11.9 Å². The highest BCUT2D eigenvalue weighted by molar-refractivity contribution is 7.09. The van der Waals surface area contributed by atoms with Gasteiger partial charge in [-0.05, 0) is 30.7 Å². The molecule has 0 radical (unpaired) electrons. The Balaban J connectivity index is 1.23. The van der Waals surface area contributed by atoms with Crippen LogP contribution in [0.5, 0.6) is 0 Å². The summed E-state index contributed by atoms with van der Waals surface area (Å²) in [7, 11) is 0. The van der Waals surface area contributed by atoms with Crippen molar-refractivity contribution in [2.45, 2.75) is 19.4 Å². The lowest BCUT2D eigenvalue weighted by molar-refractivity contribution is 0.0945. The van der Waals surface area contributed by atoms with Gasteiger partial charge in [0.1, 0.15) is 11.5 Å². The summed E-state index contributed by atoms with van der Waals surface area (Å²) in [5.41, 5.74) is 2.46. The van der Waals surface area contributed by atoms with Crippen molar-refractivity contribution in [1.82, 2.24) is 25.3 Å². The molecule has 0 bridgehead atoms. The molecule has 0 aliphatic heterocycles. The minimum Gasteiger partial charge on any atom is -0.356 e. The number of imidazole rings is 1. The van der Waals surface area contributed by atoms with Crippen LogP contribution in [-0.4, -0.2) is 32.4 Å². The number of hydrogen-bond acceptors (Lipinski definition) is 6. The standard InChI is InChI=1S/C20H19FN6OS/c21-13-5-3-9-22-16(13)11-24-19(28)17-12-29-18(25-17)8-4-10-23-20-26-14-6-1-2-7-15(14)27-20/h1-3,5-7,9,12H,4,8,10-11H2,(H,24,28)(H2,23,26,27). The molecule has 3 N–H and O–H groups in total. The van der Waals surface area contributed by atoms with Crippen LogP contribution in [0.15, 0.2) is 48.0 Å². The molecule has 0 saturated heterocycles. The Kier molecular flexibility index (Phi) is 5.76. The van der Waals surface area contributed by atoms with Crippen LogP contribution in [0.4, 0.5) is 10.3 Å².